The van der Waals surface area contributed by atoms with Crippen LogP contribution < -0.4 is 0 Å². The highest BCUT2D eigenvalue weighted by Gasteiger charge is 2.80. The summed E-state index contributed by atoms with van der Waals surface area (Å²) in [7, 11) is 0. The van der Waals surface area contributed by atoms with Gasteiger partial charge in [0.25, 0.3) is 0 Å². The van der Waals surface area contributed by atoms with Gasteiger partial charge < -0.3 is 0 Å². The molecule has 8 heteroatoms. The molecule has 0 atom stereocenters. The number of alkyl halides is 8. The number of hydrogen-bond acceptors (Lipinski definition) is 0. The average Bonchev–Trinajstić information content (AvgIpc) is 2.86. The lowest BCUT2D eigenvalue weighted by Gasteiger charge is -2.27. The van der Waals surface area contributed by atoms with Crippen LogP contribution in [-0.2, 0) is 22.6 Å². The molecule has 0 radical (unpaired) electrons. The number of rotatable bonds is 4. The first-order chi connectivity index (χ1) is 16.6. The highest BCUT2D eigenvalue weighted by atomic mass is 35.5. The third-order valence-corrected chi connectivity index (χ3v) is 7.83. The van der Waals surface area contributed by atoms with Crippen molar-refractivity contribution in [2.24, 2.45) is 0 Å². The molecule has 2 aromatic rings. The molecule has 1 aliphatic rings. The van der Waals surface area contributed by atoms with Gasteiger partial charge in [-0.05, 0) is 69.2 Å². The molecule has 0 saturated carbocycles. The summed E-state index contributed by atoms with van der Waals surface area (Å²) in [5.74, 6) is -16.2. The van der Waals surface area contributed by atoms with Crippen molar-refractivity contribution in [3.63, 3.8) is 0 Å². The maximum atomic E-state index is 15.6. The Labute approximate surface area is 225 Å². The second kappa shape index (κ2) is 9.22. The molecule has 0 N–H and O–H groups in total. The first-order valence-corrected chi connectivity index (χ1v) is 13.0. The summed E-state index contributed by atoms with van der Waals surface area (Å²) in [5.41, 5.74) is -2.44. The fourth-order valence-corrected chi connectivity index (χ4v) is 5.20. The molecule has 3 rings (SSSR count). The van der Waals surface area contributed by atoms with E-state index in [0.717, 1.165) is 0 Å². The first-order valence-electron chi connectivity index (χ1n) is 11.9. The smallest absolute Gasteiger partial charge is 0.194 e. The minimum absolute atomic E-state index is 0.0986. The second-order valence-corrected chi connectivity index (χ2v) is 12.4. The van der Waals surface area contributed by atoms with Crippen molar-refractivity contribution >= 4 is 34.3 Å². The average molecular weight is 565 g/mol. The predicted octanol–water partition coefficient (Wildman–Crippen LogP) is 10.2. The van der Waals surface area contributed by atoms with Gasteiger partial charge in [-0.15, -0.1) is 23.2 Å². The summed E-state index contributed by atoms with van der Waals surface area (Å²) in [5, 5.41) is 0. The maximum absolute atomic E-state index is 15.6. The highest BCUT2D eigenvalue weighted by Crippen LogP contribution is 2.65. The predicted molar refractivity (Wildman–Crippen MR) is 141 cm³/mol. The molecular weight excluding hydrogens is 533 g/mol. The van der Waals surface area contributed by atoms with Crippen molar-refractivity contribution in [1.82, 2.24) is 0 Å². The van der Waals surface area contributed by atoms with Gasteiger partial charge in [0.1, 0.15) is 0 Å². The Balaban J connectivity index is 2.63. The summed E-state index contributed by atoms with van der Waals surface area (Å²) in [6, 6.07) is 6.04. The standard InChI is InChI=1S/C29H32Cl2F6/c1-15-17(13-30)9-19(25(3,4)5)11-21(15)23-24(28(34,35)29(36,37)27(23,32)33)22-12-20(26(6,7)8)10-18(14-31)16(22)2/h9-12H,13-14H2,1-8H3. The Morgan fingerprint density at radius 1 is 0.595 bits per heavy atom. The third-order valence-electron chi connectivity index (χ3n) is 7.26. The largest absolute Gasteiger partial charge is 0.380 e. The van der Waals surface area contributed by atoms with Gasteiger partial charge in [-0.2, -0.15) is 26.3 Å². The van der Waals surface area contributed by atoms with Gasteiger partial charge >= 0.3 is 17.8 Å². The topological polar surface area (TPSA) is 0 Å². The number of hydrogen-bond donors (Lipinski definition) is 0. The summed E-state index contributed by atoms with van der Waals surface area (Å²) in [4.78, 5) is 0. The van der Waals surface area contributed by atoms with E-state index in [0.29, 0.717) is 22.3 Å². The summed E-state index contributed by atoms with van der Waals surface area (Å²) in [6.45, 7) is 13.8. The second-order valence-electron chi connectivity index (χ2n) is 11.9. The molecule has 204 valence electrons. The molecule has 2 aromatic carbocycles. The number of allylic oxidation sites excluding steroid dienone is 2. The lowest BCUT2D eigenvalue weighted by atomic mass is 9.79. The van der Waals surface area contributed by atoms with Crippen LogP contribution in [0, 0.1) is 13.8 Å². The van der Waals surface area contributed by atoms with Crippen LogP contribution in [0.1, 0.15) is 86.1 Å². The summed E-state index contributed by atoms with van der Waals surface area (Å²) in [6.07, 6.45) is 0. The van der Waals surface area contributed by atoms with Gasteiger partial charge in [0.2, 0.25) is 0 Å². The van der Waals surface area contributed by atoms with Gasteiger partial charge in [-0.25, -0.2) is 0 Å². The van der Waals surface area contributed by atoms with Gasteiger partial charge in [0, 0.05) is 22.9 Å². The molecule has 0 fully saturated rings. The van der Waals surface area contributed by atoms with Crippen molar-refractivity contribution in [3.8, 4) is 0 Å². The summed E-state index contributed by atoms with van der Waals surface area (Å²) >= 11 is 12.2. The Kier molecular flexibility index (Phi) is 7.45. The Bertz CT molecular complexity index is 1170. The van der Waals surface area contributed by atoms with E-state index < -0.39 is 39.7 Å². The molecule has 0 spiro atoms. The molecule has 0 amide bonds. The lowest BCUT2D eigenvalue weighted by molar-refractivity contribution is -0.254. The van der Waals surface area contributed by atoms with Crippen molar-refractivity contribution in [1.29, 1.82) is 0 Å². The monoisotopic (exact) mass is 564 g/mol. The molecule has 0 bridgehead atoms. The minimum Gasteiger partial charge on any atom is -0.194 e. The zero-order chi connectivity index (χ0) is 28.5. The number of benzene rings is 2. The van der Waals surface area contributed by atoms with Gasteiger partial charge in [0.15, 0.2) is 0 Å². The molecule has 0 aromatic heterocycles. The molecule has 0 nitrogen and oxygen atoms in total. The molecule has 0 unspecified atom stereocenters. The lowest BCUT2D eigenvalue weighted by Crippen LogP contribution is -2.49. The van der Waals surface area contributed by atoms with E-state index in [2.05, 4.69) is 0 Å². The minimum atomic E-state index is -5.65. The van der Waals surface area contributed by atoms with E-state index >= 15 is 26.3 Å². The van der Waals surface area contributed by atoms with Gasteiger partial charge in [-0.1, -0.05) is 65.8 Å². The van der Waals surface area contributed by atoms with Crippen LogP contribution >= 0.6 is 23.2 Å². The quantitative estimate of drug-likeness (QED) is 0.256. The Hall–Kier alpha value is -1.66. The van der Waals surface area contributed by atoms with Crippen LogP contribution in [0.5, 0.6) is 0 Å². The van der Waals surface area contributed by atoms with Crippen LogP contribution in [0.3, 0.4) is 0 Å². The fraction of sp³-hybridized carbons (Fsp3) is 0.517. The Morgan fingerprint density at radius 3 is 1.14 bits per heavy atom. The van der Waals surface area contributed by atoms with Crippen molar-refractivity contribution in [2.75, 3.05) is 0 Å². The molecule has 37 heavy (non-hydrogen) atoms. The van der Waals surface area contributed by atoms with Crippen molar-refractivity contribution in [3.05, 3.63) is 68.8 Å². The van der Waals surface area contributed by atoms with E-state index in [4.69, 9.17) is 23.2 Å². The van der Waals surface area contributed by atoms with Crippen LogP contribution in [-0.4, -0.2) is 17.8 Å². The van der Waals surface area contributed by atoms with E-state index in [9.17, 15) is 0 Å². The zero-order valence-electron chi connectivity index (χ0n) is 22.2. The SMILES string of the molecule is Cc1c(CCl)cc(C(C)(C)C)cc1C1=C(c2cc(C(C)(C)C)cc(CCl)c2C)C(F)(F)C(F)(F)C1(F)F. The van der Waals surface area contributed by atoms with Gasteiger partial charge in [-0.3, -0.25) is 0 Å². The normalized spacial score (nSPS) is 19.0. The van der Waals surface area contributed by atoms with Crippen LogP contribution in [0.2, 0.25) is 0 Å². The van der Waals surface area contributed by atoms with E-state index in [1.807, 2.05) is 41.5 Å². The molecule has 0 saturated heterocycles. The van der Waals surface area contributed by atoms with Crippen LogP contribution in [0.15, 0.2) is 24.3 Å². The Morgan fingerprint density at radius 2 is 0.892 bits per heavy atom. The van der Waals surface area contributed by atoms with Gasteiger partial charge in [0.05, 0.1) is 0 Å². The maximum Gasteiger partial charge on any atom is 0.380 e. The number of halogens is 8. The van der Waals surface area contributed by atoms with Crippen molar-refractivity contribution < 1.29 is 26.3 Å². The third kappa shape index (κ3) is 4.60. The van der Waals surface area contributed by atoms with Crippen molar-refractivity contribution in [2.45, 2.75) is 95.7 Å². The molecular formula is C29H32Cl2F6. The zero-order valence-corrected chi connectivity index (χ0v) is 23.8. The highest BCUT2D eigenvalue weighted by molar-refractivity contribution is 6.17. The van der Waals surface area contributed by atoms with E-state index in [-0.39, 0.29) is 34.0 Å². The summed E-state index contributed by atoms with van der Waals surface area (Å²) < 4.78 is 92.7. The molecule has 0 heterocycles. The fourth-order valence-electron chi connectivity index (χ4n) is 4.64. The molecule has 1 aliphatic carbocycles. The van der Waals surface area contributed by atoms with E-state index in [1.54, 1.807) is 12.1 Å². The first kappa shape index (κ1) is 29.9. The molecule has 0 aliphatic heterocycles. The van der Waals surface area contributed by atoms with Crippen LogP contribution in [0.4, 0.5) is 26.3 Å². The van der Waals surface area contributed by atoms with Crippen LogP contribution in [0.25, 0.3) is 11.1 Å². The van der Waals surface area contributed by atoms with E-state index in [1.165, 1.54) is 26.0 Å².